The van der Waals surface area contributed by atoms with Gasteiger partial charge in [-0.25, -0.2) is 9.97 Å². The van der Waals surface area contributed by atoms with E-state index in [1.165, 1.54) is 6.33 Å². The van der Waals surface area contributed by atoms with Gasteiger partial charge in [0.05, 0.1) is 13.2 Å². The Hall–Kier alpha value is -2.01. The number of nitrogens with zero attached hydrogens (tertiary/aromatic N) is 2. The number of hydrogen-bond acceptors (Lipinski definition) is 5. The molecule has 0 aliphatic carbocycles. The zero-order valence-corrected chi connectivity index (χ0v) is 12.4. The maximum absolute atomic E-state index is 6.20. The molecule has 106 valence electrons. The highest BCUT2D eigenvalue weighted by atomic mass is 35.5. The first kappa shape index (κ1) is 14.4. The zero-order chi connectivity index (χ0) is 14.5. The van der Waals surface area contributed by atoms with Gasteiger partial charge in [0.1, 0.15) is 6.33 Å². The van der Waals surface area contributed by atoms with Crippen molar-refractivity contribution in [1.82, 2.24) is 9.97 Å². The van der Waals surface area contributed by atoms with Gasteiger partial charge in [-0.2, -0.15) is 0 Å². The standard InChI is InChI=1S/C14H17ClN4O/c1-9(10-6-4-5-7-11(10)15)19-14-12(20-3)13(16-2)17-8-18-14/h4-9H,1-3H3,(H2,16,17,18,19). The molecule has 1 heterocycles. The van der Waals surface area contributed by atoms with Gasteiger partial charge < -0.3 is 15.4 Å². The number of benzene rings is 1. The number of rotatable bonds is 5. The first-order chi connectivity index (χ1) is 9.67. The Kier molecular flexibility index (Phi) is 4.63. The lowest BCUT2D eigenvalue weighted by atomic mass is 10.1. The molecule has 0 aliphatic heterocycles. The van der Waals surface area contributed by atoms with Crippen molar-refractivity contribution in [1.29, 1.82) is 0 Å². The van der Waals surface area contributed by atoms with E-state index in [2.05, 4.69) is 20.6 Å². The lowest BCUT2D eigenvalue weighted by Gasteiger charge is -2.18. The van der Waals surface area contributed by atoms with Crippen molar-refractivity contribution in [2.75, 3.05) is 24.8 Å². The molecule has 1 aromatic heterocycles. The van der Waals surface area contributed by atoms with Crippen LogP contribution < -0.4 is 15.4 Å². The van der Waals surface area contributed by atoms with Crippen molar-refractivity contribution >= 4 is 23.2 Å². The molecule has 0 radical (unpaired) electrons. The third kappa shape index (κ3) is 2.93. The van der Waals surface area contributed by atoms with Crippen molar-refractivity contribution in [3.8, 4) is 5.75 Å². The highest BCUT2D eigenvalue weighted by Gasteiger charge is 2.15. The molecule has 2 rings (SSSR count). The van der Waals surface area contributed by atoms with Crippen LogP contribution in [-0.4, -0.2) is 24.1 Å². The fourth-order valence-corrected chi connectivity index (χ4v) is 2.26. The summed E-state index contributed by atoms with van der Waals surface area (Å²) < 4.78 is 5.35. The summed E-state index contributed by atoms with van der Waals surface area (Å²) in [4.78, 5) is 8.34. The van der Waals surface area contributed by atoms with E-state index in [4.69, 9.17) is 16.3 Å². The van der Waals surface area contributed by atoms with Gasteiger partial charge in [-0.05, 0) is 18.6 Å². The molecule has 0 spiro atoms. The lowest BCUT2D eigenvalue weighted by molar-refractivity contribution is 0.414. The van der Waals surface area contributed by atoms with Crippen molar-refractivity contribution in [3.63, 3.8) is 0 Å². The normalized spacial score (nSPS) is 11.8. The van der Waals surface area contributed by atoms with Crippen LogP contribution in [-0.2, 0) is 0 Å². The van der Waals surface area contributed by atoms with E-state index in [-0.39, 0.29) is 6.04 Å². The number of hydrogen-bond donors (Lipinski definition) is 2. The number of nitrogens with one attached hydrogen (secondary N) is 2. The first-order valence-electron chi connectivity index (χ1n) is 6.25. The van der Waals surface area contributed by atoms with Crippen LogP contribution in [0.4, 0.5) is 11.6 Å². The van der Waals surface area contributed by atoms with Gasteiger partial charge in [0.15, 0.2) is 11.6 Å². The summed E-state index contributed by atoms with van der Waals surface area (Å²) in [6, 6.07) is 7.70. The van der Waals surface area contributed by atoms with Gasteiger partial charge in [0, 0.05) is 12.1 Å². The number of methoxy groups -OCH3 is 1. The van der Waals surface area contributed by atoms with Crippen LogP contribution >= 0.6 is 11.6 Å². The number of aromatic nitrogens is 2. The average Bonchev–Trinajstić information content (AvgIpc) is 2.47. The predicted molar refractivity (Wildman–Crippen MR) is 81.6 cm³/mol. The summed E-state index contributed by atoms with van der Waals surface area (Å²) in [5.74, 6) is 1.84. The molecule has 1 unspecified atom stereocenters. The molecule has 0 aliphatic rings. The molecule has 6 heteroatoms. The quantitative estimate of drug-likeness (QED) is 0.885. The van der Waals surface area contributed by atoms with Crippen LogP contribution in [0.1, 0.15) is 18.5 Å². The minimum atomic E-state index is -0.00259. The Bertz CT molecular complexity index is 591. The highest BCUT2D eigenvalue weighted by Crippen LogP contribution is 2.32. The third-order valence-corrected chi connectivity index (χ3v) is 3.31. The maximum atomic E-state index is 6.20. The largest absolute Gasteiger partial charge is 0.490 e. The van der Waals surface area contributed by atoms with E-state index >= 15 is 0 Å². The van der Waals surface area contributed by atoms with Gasteiger partial charge >= 0.3 is 0 Å². The SMILES string of the molecule is CNc1ncnc(NC(C)c2ccccc2Cl)c1OC. The van der Waals surface area contributed by atoms with Crippen LogP contribution in [0.25, 0.3) is 0 Å². The van der Waals surface area contributed by atoms with E-state index in [1.807, 2.05) is 31.2 Å². The summed E-state index contributed by atoms with van der Waals surface area (Å²) in [5, 5.41) is 6.98. The molecule has 2 N–H and O–H groups in total. The minimum absolute atomic E-state index is 0.00259. The number of anilines is 2. The second-order valence-corrected chi connectivity index (χ2v) is 4.65. The van der Waals surface area contributed by atoms with Crippen LogP contribution in [0.3, 0.4) is 0 Å². The summed E-state index contributed by atoms with van der Waals surface area (Å²) in [6.45, 7) is 2.02. The van der Waals surface area contributed by atoms with E-state index in [0.717, 1.165) is 10.6 Å². The molecule has 5 nitrogen and oxygen atoms in total. The Morgan fingerprint density at radius 3 is 2.55 bits per heavy atom. The Balaban J connectivity index is 2.28. The fraction of sp³-hybridized carbons (Fsp3) is 0.286. The smallest absolute Gasteiger partial charge is 0.204 e. The topological polar surface area (TPSA) is 59.1 Å². The van der Waals surface area contributed by atoms with Crippen molar-refractivity contribution in [2.45, 2.75) is 13.0 Å². The fourth-order valence-electron chi connectivity index (χ4n) is 1.96. The summed E-state index contributed by atoms with van der Waals surface area (Å²) in [7, 11) is 3.37. The molecule has 0 fully saturated rings. The van der Waals surface area contributed by atoms with Gasteiger partial charge in [0.2, 0.25) is 5.75 Å². The highest BCUT2D eigenvalue weighted by molar-refractivity contribution is 6.31. The van der Waals surface area contributed by atoms with Gasteiger partial charge in [-0.3, -0.25) is 0 Å². The Morgan fingerprint density at radius 1 is 1.20 bits per heavy atom. The molecular formula is C14H17ClN4O. The van der Waals surface area contributed by atoms with Crippen molar-refractivity contribution < 1.29 is 4.74 Å². The molecule has 0 saturated carbocycles. The molecular weight excluding hydrogens is 276 g/mol. The van der Waals surface area contributed by atoms with E-state index in [9.17, 15) is 0 Å². The first-order valence-corrected chi connectivity index (χ1v) is 6.62. The van der Waals surface area contributed by atoms with E-state index < -0.39 is 0 Å². The Morgan fingerprint density at radius 2 is 1.90 bits per heavy atom. The molecule has 1 atom stereocenters. The minimum Gasteiger partial charge on any atom is -0.490 e. The van der Waals surface area contributed by atoms with Crippen LogP contribution in [0.2, 0.25) is 5.02 Å². The van der Waals surface area contributed by atoms with Gasteiger partial charge in [0.25, 0.3) is 0 Å². The van der Waals surface area contributed by atoms with Crippen LogP contribution in [0.15, 0.2) is 30.6 Å². The molecule has 0 amide bonds. The average molecular weight is 293 g/mol. The summed E-state index contributed by atoms with van der Waals surface area (Å²) in [5.41, 5.74) is 1.00. The van der Waals surface area contributed by atoms with Crippen LogP contribution in [0, 0.1) is 0 Å². The summed E-state index contributed by atoms with van der Waals surface area (Å²) >= 11 is 6.20. The Labute approximate surface area is 123 Å². The number of halogens is 1. The summed E-state index contributed by atoms with van der Waals surface area (Å²) in [6.07, 6.45) is 1.48. The van der Waals surface area contributed by atoms with Gasteiger partial charge in [-0.1, -0.05) is 29.8 Å². The molecule has 0 bridgehead atoms. The number of ether oxygens (including phenoxy) is 1. The van der Waals surface area contributed by atoms with Gasteiger partial charge in [-0.15, -0.1) is 0 Å². The zero-order valence-electron chi connectivity index (χ0n) is 11.6. The lowest BCUT2D eigenvalue weighted by Crippen LogP contribution is -2.11. The molecule has 20 heavy (non-hydrogen) atoms. The molecule has 1 aromatic carbocycles. The van der Waals surface area contributed by atoms with Crippen molar-refractivity contribution in [2.24, 2.45) is 0 Å². The van der Waals surface area contributed by atoms with E-state index in [1.54, 1.807) is 14.2 Å². The van der Waals surface area contributed by atoms with Crippen molar-refractivity contribution in [3.05, 3.63) is 41.2 Å². The third-order valence-electron chi connectivity index (χ3n) is 2.97. The van der Waals surface area contributed by atoms with E-state index in [0.29, 0.717) is 17.4 Å². The second-order valence-electron chi connectivity index (χ2n) is 4.24. The second kappa shape index (κ2) is 6.43. The predicted octanol–water partition coefficient (Wildman–Crippen LogP) is 3.35. The maximum Gasteiger partial charge on any atom is 0.204 e. The molecule has 0 saturated heterocycles. The monoisotopic (exact) mass is 292 g/mol. The van der Waals surface area contributed by atoms with Crippen LogP contribution in [0.5, 0.6) is 5.75 Å². The molecule has 2 aromatic rings.